The van der Waals surface area contributed by atoms with E-state index in [4.69, 9.17) is 9.47 Å². The average Bonchev–Trinajstić information content (AvgIpc) is 3.14. The first-order valence-electron chi connectivity index (χ1n) is 12.9. The van der Waals surface area contributed by atoms with Crippen LogP contribution in [0, 0.1) is 5.41 Å². The quantitative estimate of drug-likeness (QED) is 0.739. The molecule has 1 aromatic carbocycles. The summed E-state index contributed by atoms with van der Waals surface area (Å²) in [4.78, 5) is 29.9. The summed E-state index contributed by atoms with van der Waals surface area (Å²) in [6.07, 6.45) is 8.70. The number of hydrogen-bond acceptors (Lipinski definition) is 5. The molecule has 1 saturated carbocycles. The van der Waals surface area contributed by atoms with Gasteiger partial charge in [-0.05, 0) is 81.8 Å². The van der Waals surface area contributed by atoms with E-state index in [9.17, 15) is 9.59 Å². The number of carbonyl (C=O) groups excluding carboxylic acids is 2. The normalized spacial score (nSPS) is 31.2. The monoisotopic (exact) mass is 465 g/mol. The molecule has 4 heterocycles. The molecule has 3 atom stereocenters. The molecule has 7 nitrogen and oxygen atoms in total. The Morgan fingerprint density at radius 2 is 1.88 bits per heavy atom. The zero-order valence-corrected chi connectivity index (χ0v) is 19.9. The SMILES string of the molecule is C=C1CCC(N2Cc3cc(O[C@H]4CCCC[C@@H]4N4CCC5(CC4)COC5)ccc3C2=O)C(=O)N1. The van der Waals surface area contributed by atoms with Crippen LogP contribution in [-0.4, -0.2) is 66.1 Å². The lowest BCUT2D eigenvalue weighted by Crippen LogP contribution is -2.56. The Morgan fingerprint density at radius 1 is 1.09 bits per heavy atom. The van der Waals surface area contributed by atoms with Gasteiger partial charge < -0.3 is 19.7 Å². The Hall–Kier alpha value is -2.38. The van der Waals surface area contributed by atoms with E-state index >= 15 is 0 Å². The first-order chi connectivity index (χ1) is 16.5. The van der Waals surface area contributed by atoms with E-state index in [0.717, 1.165) is 49.7 Å². The minimum Gasteiger partial charge on any atom is -0.489 e. The van der Waals surface area contributed by atoms with Gasteiger partial charge >= 0.3 is 0 Å². The number of nitrogens with one attached hydrogen (secondary N) is 1. The highest BCUT2D eigenvalue weighted by Crippen LogP contribution is 2.40. The number of benzene rings is 1. The van der Waals surface area contributed by atoms with Crippen LogP contribution in [0.15, 0.2) is 30.5 Å². The fourth-order valence-corrected chi connectivity index (χ4v) is 6.52. The lowest BCUT2D eigenvalue weighted by molar-refractivity contribution is -0.146. The molecule has 3 saturated heterocycles. The third-order valence-electron chi connectivity index (χ3n) is 8.71. The molecule has 2 amide bonds. The average molecular weight is 466 g/mol. The molecular weight excluding hydrogens is 430 g/mol. The van der Waals surface area contributed by atoms with Crippen molar-refractivity contribution in [1.29, 1.82) is 0 Å². The van der Waals surface area contributed by atoms with Crippen LogP contribution in [0.4, 0.5) is 0 Å². The number of hydrogen-bond donors (Lipinski definition) is 1. The molecule has 1 aromatic rings. The maximum absolute atomic E-state index is 13.0. The van der Waals surface area contributed by atoms with Crippen molar-refractivity contribution in [1.82, 2.24) is 15.1 Å². The summed E-state index contributed by atoms with van der Waals surface area (Å²) in [7, 11) is 0. The number of ether oxygens (including phenoxy) is 2. The molecule has 5 aliphatic rings. The van der Waals surface area contributed by atoms with Gasteiger partial charge in [0.05, 0.1) is 13.2 Å². The van der Waals surface area contributed by atoms with Crippen LogP contribution in [0.5, 0.6) is 5.75 Å². The van der Waals surface area contributed by atoms with Crippen LogP contribution >= 0.6 is 0 Å². The van der Waals surface area contributed by atoms with Gasteiger partial charge in [-0.1, -0.05) is 13.0 Å². The van der Waals surface area contributed by atoms with Gasteiger partial charge in [-0.3, -0.25) is 14.5 Å². The lowest BCUT2D eigenvalue weighted by atomic mass is 9.76. The smallest absolute Gasteiger partial charge is 0.255 e. The summed E-state index contributed by atoms with van der Waals surface area (Å²) >= 11 is 0. The molecule has 4 fully saturated rings. The molecule has 0 aromatic heterocycles. The highest BCUT2D eigenvalue weighted by atomic mass is 16.5. The molecule has 1 aliphatic carbocycles. The van der Waals surface area contributed by atoms with Crippen molar-refractivity contribution in [2.45, 2.75) is 76.1 Å². The van der Waals surface area contributed by atoms with Gasteiger partial charge in [0, 0.05) is 29.3 Å². The third-order valence-corrected chi connectivity index (χ3v) is 8.71. The largest absolute Gasteiger partial charge is 0.489 e. The van der Waals surface area contributed by atoms with Crippen molar-refractivity contribution < 1.29 is 19.1 Å². The first-order valence-corrected chi connectivity index (χ1v) is 12.9. The van der Waals surface area contributed by atoms with Gasteiger partial charge in [0.1, 0.15) is 17.9 Å². The van der Waals surface area contributed by atoms with Crippen LogP contribution in [0.2, 0.25) is 0 Å². The molecule has 7 heteroatoms. The predicted molar refractivity (Wildman–Crippen MR) is 127 cm³/mol. The molecule has 1 unspecified atom stereocenters. The standard InChI is InChI=1S/C27H35N3O4/c1-18-6-9-23(25(31)28-18)30-15-19-14-20(7-8-21(19)26(30)32)34-24-5-3-2-4-22(24)29-12-10-27(11-13-29)16-33-17-27/h7-8,14,22-24H,1-6,9-13,15-17H2,(H,28,31)/t22-,23?,24-/m0/s1. The van der Waals surface area contributed by atoms with Crippen LogP contribution < -0.4 is 10.1 Å². The van der Waals surface area contributed by atoms with Gasteiger partial charge in [-0.15, -0.1) is 0 Å². The van der Waals surface area contributed by atoms with Gasteiger partial charge in [0.25, 0.3) is 5.91 Å². The summed E-state index contributed by atoms with van der Waals surface area (Å²) in [6, 6.07) is 5.87. The highest BCUT2D eigenvalue weighted by Gasteiger charge is 2.44. The Balaban J connectivity index is 1.13. The number of fused-ring (bicyclic) bond motifs is 1. The van der Waals surface area contributed by atoms with Crippen LogP contribution in [0.25, 0.3) is 0 Å². The topological polar surface area (TPSA) is 71.1 Å². The summed E-state index contributed by atoms with van der Waals surface area (Å²) in [5.41, 5.74) is 2.82. The summed E-state index contributed by atoms with van der Waals surface area (Å²) in [6.45, 7) is 8.45. The molecule has 182 valence electrons. The van der Waals surface area contributed by atoms with Crippen molar-refractivity contribution in [3.05, 3.63) is 41.6 Å². The predicted octanol–water partition coefficient (Wildman–Crippen LogP) is 3.24. The second-order valence-electron chi connectivity index (χ2n) is 10.9. The van der Waals surface area contributed by atoms with E-state index in [1.165, 1.54) is 32.1 Å². The van der Waals surface area contributed by atoms with Gasteiger partial charge in [-0.2, -0.15) is 0 Å². The number of carbonyl (C=O) groups is 2. The number of rotatable bonds is 4. The number of likely N-dealkylation sites (tertiary alicyclic amines) is 1. The van der Waals surface area contributed by atoms with Crippen LogP contribution in [0.3, 0.4) is 0 Å². The zero-order valence-electron chi connectivity index (χ0n) is 19.9. The van der Waals surface area contributed by atoms with Crippen molar-refractivity contribution >= 4 is 11.8 Å². The van der Waals surface area contributed by atoms with Gasteiger partial charge in [0.2, 0.25) is 5.91 Å². The Kier molecular flexibility index (Phi) is 5.65. The zero-order chi connectivity index (χ0) is 23.3. The lowest BCUT2D eigenvalue weighted by Gasteiger charge is -2.50. The second-order valence-corrected chi connectivity index (χ2v) is 10.9. The molecule has 1 spiro atoms. The summed E-state index contributed by atoms with van der Waals surface area (Å²) in [5, 5.41) is 2.80. The molecule has 4 aliphatic heterocycles. The Bertz CT molecular complexity index is 994. The van der Waals surface area contributed by atoms with Crippen molar-refractivity contribution in [2.24, 2.45) is 5.41 Å². The molecule has 6 rings (SSSR count). The highest BCUT2D eigenvalue weighted by molar-refractivity contribution is 6.01. The molecule has 1 N–H and O–H groups in total. The number of amides is 2. The van der Waals surface area contributed by atoms with E-state index in [0.29, 0.717) is 36.4 Å². The maximum Gasteiger partial charge on any atom is 0.255 e. The van der Waals surface area contributed by atoms with Crippen LogP contribution in [0.1, 0.15) is 67.3 Å². The van der Waals surface area contributed by atoms with Crippen molar-refractivity contribution in [3.8, 4) is 5.75 Å². The minimum absolute atomic E-state index is 0.0630. The van der Waals surface area contributed by atoms with Gasteiger partial charge in [0.15, 0.2) is 0 Å². The molecule has 34 heavy (non-hydrogen) atoms. The van der Waals surface area contributed by atoms with E-state index in [-0.39, 0.29) is 17.9 Å². The molecular formula is C27H35N3O4. The van der Waals surface area contributed by atoms with Crippen molar-refractivity contribution in [3.63, 3.8) is 0 Å². The number of piperidine rings is 2. The number of allylic oxidation sites excluding steroid dienone is 1. The number of nitrogens with zero attached hydrogens (tertiary/aromatic N) is 2. The van der Waals surface area contributed by atoms with E-state index in [2.05, 4.69) is 16.8 Å². The second kappa shape index (κ2) is 8.68. The van der Waals surface area contributed by atoms with Crippen LogP contribution in [-0.2, 0) is 16.1 Å². The Morgan fingerprint density at radius 3 is 2.62 bits per heavy atom. The minimum atomic E-state index is -0.430. The summed E-state index contributed by atoms with van der Waals surface area (Å²) in [5.74, 6) is 0.648. The molecule has 0 bridgehead atoms. The molecule has 0 radical (unpaired) electrons. The van der Waals surface area contributed by atoms with Crippen molar-refractivity contribution in [2.75, 3.05) is 26.3 Å². The van der Waals surface area contributed by atoms with E-state index in [1.807, 2.05) is 18.2 Å². The maximum atomic E-state index is 13.0. The summed E-state index contributed by atoms with van der Waals surface area (Å²) < 4.78 is 12.1. The van der Waals surface area contributed by atoms with Gasteiger partial charge in [-0.25, -0.2) is 0 Å². The van der Waals surface area contributed by atoms with E-state index in [1.54, 1.807) is 4.90 Å². The fourth-order valence-electron chi connectivity index (χ4n) is 6.52. The first kappa shape index (κ1) is 22.1. The fraction of sp³-hybridized carbons (Fsp3) is 0.630. The Labute approximate surface area is 201 Å². The van der Waals surface area contributed by atoms with E-state index < -0.39 is 6.04 Å². The third kappa shape index (κ3) is 3.93.